The lowest BCUT2D eigenvalue weighted by atomic mass is 9.95. The van der Waals surface area contributed by atoms with Crippen molar-refractivity contribution in [3.63, 3.8) is 0 Å². The molecule has 1 atom stereocenters. The number of aliphatic hydroxyl groups is 1. The van der Waals surface area contributed by atoms with Crippen LogP contribution < -0.4 is 4.74 Å². The molecule has 0 saturated heterocycles. The summed E-state index contributed by atoms with van der Waals surface area (Å²) in [6, 6.07) is 15.4. The molecule has 0 aliphatic rings. The van der Waals surface area contributed by atoms with Gasteiger partial charge in [0.05, 0.1) is 12.7 Å². The van der Waals surface area contributed by atoms with Crippen LogP contribution in [0.2, 0.25) is 0 Å². The summed E-state index contributed by atoms with van der Waals surface area (Å²) < 4.78 is 5.70. The molecule has 105 valence electrons. The van der Waals surface area contributed by atoms with Crippen molar-refractivity contribution in [2.45, 2.75) is 33.3 Å². The molecule has 0 saturated carbocycles. The molecular weight excluding hydrogens is 248 g/mol. The second kappa shape index (κ2) is 6.58. The first-order valence-corrected chi connectivity index (χ1v) is 6.97. The monoisotopic (exact) mass is 269 g/mol. The average molecular weight is 269 g/mol. The SMILES string of the molecule is Cc1cc(OCC[C@@H](C)O)cc(C)c1-c1[c]cccc1. The molecule has 2 heteroatoms. The maximum Gasteiger partial charge on any atom is 0.119 e. The molecular formula is C18H21O2. The van der Waals surface area contributed by atoms with E-state index in [1.165, 1.54) is 16.7 Å². The van der Waals surface area contributed by atoms with Gasteiger partial charge in [0.2, 0.25) is 0 Å². The van der Waals surface area contributed by atoms with Crippen molar-refractivity contribution in [3.8, 4) is 16.9 Å². The number of benzene rings is 2. The molecule has 1 N–H and O–H groups in total. The highest BCUT2D eigenvalue weighted by molar-refractivity contribution is 5.71. The lowest BCUT2D eigenvalue weighted by Crippen LogP contribution is -2.07. The van der Waals surface area contributed by atoms with Crippen LogP contribution in [0.1, 0.15) is 24.5 Å². The molecule has 0 bridgehead atoms. The van der Waals surface area contributed by atoms with Crippen LogP contribution >= 0.6 is 0 Å². The largest absolute Gasteiger partial charge is 0.493 e. The summed E-state index contributed by atoms with van der Waals surface area (Å²) in [7, 11) is 0. The van der Waals surface area contributed by atoms with E-state index in [0.29, 0.717) is 13.0 Å². The summed E-state index contributed by atoms with van der Waals surface area (Å²) in [4.78, 5) is 0. The normalized spacial score (nSPS) is 12.2. The van der Waals surface area contributed by atoms with E-state index in [1.54, 1.807) is 6.92 Å². The van der Waals surface area contributed by atoms with Gasteiger partial charge < -0.3 is 9.84 Å². The van der Waals surface area contributed by atoms with Gasteiger partial charge >= 0.3 is 0 Å². The van der Waals surface area contributed by atoms with Gasteiger partial charge in [-0.2, -0.15) is 0 Å². The van der Waals surface area contributed by atoms with Crippen molar-refractivity contribution in [3.05, 3.63) is 53.6 Å². The summed E-state index contributed by atoms with van der Waals surface area (Å²) in [5, 5.41) is 9.25. The zero-order valence-electron chi connectivity index (χ0n) is 12.3. The third-order valence-electron chi connectivity index (χ3n) is 3.29. The van der Waals surface area contributed by atoms with Crippen LogP contribution in [0.15, 0.2) is 36.4 Å². The molecule has 0 amide bonds. The maximum absolute atomic E-state index is 9.25. The van der Waals surface area contributed by atoms with Gasteiger partial charge in [0.1, 0.15) is 5.75 Å². The fourth-order valence-electron chi connectivity index (χ4n) is 2.33. The van der Waals surface area contributed by atoms with Gasteiger partial charge in [-0.1, -0.05) is 24.3 Å². The second-order valence-electron chi connectivity index (χ2n) is 5.19. The molecule has 0 heterocycles. The molecule has 2 aromatic carbocycles. The maximum atomic E-state index is 9.25. The topological polar surface area (TPSA) is 29.5 Å². The van der Waals surface area contributed by atoms with Gasteiger partial charge in [0.25, 0.3) is 0 Å². The van der Waals surface area contributed by atoms with Crippen LogP contribution in [0.4, 0.5) is 0 Å². The van der Waals surface area contributed by atoms with Gasteiger partial charge in [-0.25, -0.2) is 0 Å². The Labute approximate surface area is 121 Å². The quantitative estimate of drug-likeness (QED) is 0.891. The Kier molecular flexibility index (Phi) is 4.80. The van der Waals surface area contributed by atoms with Crippen LogP contribution in [0.5, 0.6) is 5.75 Å². The van der Waals surface area contributed by atoms with Crippen molar-refractivity contribution in [2.75, 3.05) is 6.61 Å². The first-order chi connectivity index (χ1) is 9.58. The van der Waals surface area contributed by atoms with E-state index in [4.69, 9.17) is 4.74 Å². The predicted octanol–water partition coefficient (Wildman–Crippen LogP) is 3.92. The van der Waals surface area contributed by atoms with E-state index in [2.05, 4.69) is 26.0 Å². The Morgan fingerprint density at radius 2 is 1.90 bits per heavy atom. The number of hydrogen-bond donors (Lipinski definition) is 1. The minimum Gasteiger partial charge on any atom is -0.493 e. The van der Waals surface area contributed by atoms with Crippen molar-refractivity contribution in [1.82, 2.24) is 0 Å². The molecule has 2 nitrogen and oxygen atoms in total. The van der Waals surface area contributed by atoms with Crippen LogP contribution in [0.25, 0.3) is 11.1 Å². The van der Waals surface area contributed by atoms with E-state index >= 15 is 0 Å². The highest BCUT2D eigenvalue weighted by Crippen LogP contribution is 2.30. The average Bonchev–Trinajstić information content (AvgIpc) is 2.38. The van der Waals surface area contributed by atoms with E-state index in [9.17, 15) is 5.11 Å². The van der Waals surface area contributed by atoms with Gasteiger partial charge in [0, 0.05) is 6.42 Å². The molecule has 0 spiro atoms. The summed E-state index contributed by atoms with van der Waals surface area (Å²) >= 11 is 0. The van der Waals surface area contributed by atoms with Crippen molar-refractivity contribution < 1.29 is 9.84 Å². The summed E-state index contributed by atoms with van der Waals surface area (Å²) in [6.07, 6.45) is 0.321. The van der Waals surface area contributed by atoms with Crippen molar-refractivity contribution in [2.24, 2.45) is 0 Å². The van der Waals surface area contributed by atoms with E-state index < -0.39 is 0 Å². The molecule has 0 aliphatic heterocycles. The predicted molar refractivity (Wildman–Crippen MR) is 82.0 cm³/mol. The van der Waals surface area contributed by atoms with Crippen LogP contribution in [-0.2, 0) is 0 Å². The Bertz CT molecular complexity index is 536. The summed E-state index contributed by atoms with van der Waals surface area (Å²) in [5.41, 5.74) is 4.69. The Hall–Kier alpha value is -1.80. The number of ether oxygens (including phenoxy) is 1. The van der Waals surface area contributed by atoms with E-state index in [-0.39, 0.29) is 6.10 Å². The number of rotatable bonds is 5. The van der Waals surface area contributed by atoms with Crippen molar-refractivity contribution >= 4 is 0 Å². The molecule has 1 radical (unpaired) electrons. The van der Waals surface area contributed by atoms with Gasteiger partial charge in [-0.15, -0.1) is 0 Å². The number of aryl methyl sites for hydroxylation is 2. The molecule has 20 heavy (non-hydrogen) atoms. The van der Waals surface area contributed by atoms with Crippen LogP contribution in [0, 0.1) is 19.9 Å². The molecule has 0 unspecified atom stereocenters. The van der Waals surface area contributed by atoms with E-state index in [1.807, 2.05) is 30.3 Å². The minimum atomic E-state index is -0.324. The van der Waals surface area contributed by atoms with Crippen LogP contribution in [-0.4, -0.2) is 17.8 Å². The first-order valence-electron chi connectivity index (χ1n) is 6.97. The summed E-state index contributed by atoms with van der Waals surface area (Å²) in [5.74, 6) is 0.861. The highest BCUT2D eigenvalue weighted by atomic mass is 16.5. The number of aliphatic hydroxyl groups excluding tert-OH is 1. The zero-order valence-corrected chi connectivity index (χ0v) is 12.3. The third-order valence-corrected chi connectivity index (χ3v) is 3.29. The molecule has 0 fully saturated rings. The second-order valence-corrected chi connectivity index (χ2v) is 5.19. The van der Waals surface area contributed by atoms with Gasteiger partial charge in [-0.3, -0.25) is 0 Å². The Morgan fingerprint density at radius 1 is 1.20 bits per heavy atom. The molecule has 2 aromatic rings. The zero-order chi connectivity index (χ0) is 14.5. The Morgan fingerprint density at radius 3 is 2.45 bits per heavy atom. The van der Waals surface area contributed by atoms with Crippen LogP contribution in [0.3, 0.4) is 0 Å². The standard InChI is InChI=1S/C18H21O2/c1-13-11-17(20-10-9-15(3)19)12-14(2)18(13)16-7-5-4-6-8-16/h4-7,11-12,15,19H,9-10H2,1-3H3/t15-/m1/s1. The Balaban J connectivity index is 2.21. The third kappa shape index (κ3) is 3.61. The summed E-state index contributed by atoms with van der Waals surface area (Å²) in [6.45, 7) is 6.48. The first kappa shape index (κ1) is 14.6. The molecule has 0 aliphatic carbocycles. The lowest BCUT2D eigenvalue weighted by Gasteiger charge is -2.14. The molecule has 2 rings (SSSR count). The smallest absolute Gasteiger partial charge is 0.119 e. The minimum absolute atomic E-state index is 0.324. The number of hydrogen-bond acceptors (Lipinski definition) is 2. The molecule has 0 aromatic heterocycles. The lowest BCUT2D eigenvalue weighted by molar-refractivity contribution is 0.155. The van der Waals surface area contributed by atoms with Crippen molar-refractivity contribution in [1.29, 1.82) is 0 Å². The fraction of sp³-hybridized carbons (Fsp3) is 0.333. The van der Waals surface area contributed by atoms with Gasteiger partial charge in [0.15, 0.2) is 0 Å². The highest BCUT2D eigenvalue weighted by Gasteiger charge is 2.08. The van der Waals surface area contributed by atoms with E-state index in [0.717, 1.165) is 11.3 Å². The fourth-order valence-corrected chi connectivity index (χ4v) is 2.33. The van der Waals surface area contributed by atoms with Gasteiger partial charge in [-0.05, 0) is 61.2 Å².